The van der Waals surface area contributed by atoms with Crippen LogP contribution in [-0.2, 0) is 24.7 Å². The van der Waals surface area contributed by atoms with E-state index in [-0.39, 0.29) is 17.6 Å². The normalized spacial score (nSPS) is 16.9. The van der Waals surface area contributed by atoms with Crippen LogP contribution in [-0.4, -0.2) is 17.2 Å². The zero-order valence-corrected chi connectivity index (χ0v) is 23.4. The average Bonchev–Trinajstić information content (AvgIpc) is 2.82. The molecule has 1 aliphatic heterocycles. The van der Waals surface area contributed by atoms with E-state index in [1.165, 1.54) is 12.1 Å². The monoisotopic (exact) mass is 630 g/mol. The van der Waals surface area contributed by atoms with Crippen molar-refractivity contribution >= 4 is 34.7 Å². The third-order valence-electron chi connectivity index (χ3n) is 8.34. The molecule has 0 amide bonds. The van der Waals surface area contributed by atoms with Gasteiger partial charge >= 0.3 is 24.7 Å². The standard InChI is InChI=1S/C28H24BF12P/c1-15(2)42(16(3)4)24-8-6-5-7-23(24)29(42,21-11-17(25(30,31)32)9-18(12-21)26(33,34)35)22-13-19(27(36,37)38)10-20(14-22)28(39,40)41/h5-16H,1-4H3. The SMILES string of the molecule is CC(C)[P+]1(C(C)C)c2ccccc2[B-]1(c1cc(C(F)(F)F)cc(C(F)(F)F)c1)c1cc(C(F)(F)F)cc(C(F)(F)F)c1. The van der Waals surface area contributed by atoms with Gasteiger partial charge in [-0.25, -0.2) is 0 Å². The van der Waals surface area contributed by atoms with Crippen molar-refractivity contribution in [2.75, 3.05) is 0 Å². The Morgan fingerprint density at radius 2 is 0.810 bits per heavy atom. The third kappa shape index (κ3) is 4.79. The summed E-state index contributed by atoms with van der Waals surface area (Å²) in [5.74, 6) is -3.19. The van der Waals surface area contributed by atoms with Crippen molar-refractivity contribution in [3.05, 3.63) is 82.9 Å². The van der Waals surface area contributed by atoms with Crippen molar-refractivity contribution in [2.24, 2.45) is 0 Å². The molecule has 0 bridgehead atoms. The second-order valence-corrected chi connectivity index (χ2v) is 16.1. The molecule has 0 unspecified atom stereocenters. The first-order valence-electron chi connectivity index (χ1n) is 12.7. The van der Waals surface area contributed by atoms with Crippen LogP contribution in [0.15, 0.2) is 60.7 Å². The molecule has 0 fully saturated rings. The van der Waals surface area contributed by atoms with E-state index in [2.05, 4.69) is 0 Å². The first kappa shape index (κ1) is 32.2. The lowest BCUT2D eigenvalue weighted by atomic mass is 9.33. The summed E-state index contributed by atoms with van der Waals surface area (Å²) < 4.78 is 169. The summed E-state index contributed by atoms with van der Waals surface area (Å²) in [5.41, 5.74) is -8.96. The van der Waals surface area contributed by atoms with E-state index in [0.717, 1.165) is 0 Å². The van der Waals surface area contributed by atoms with Gasteiger partial charge in [-0.05, 0) is 45.9 Å². The second-order valence-electron chi connectivity index (χ2n) is 11.1. The molecule has 0 N–H and O–H groups in total. The Hall–Kier alpha value is -2.69. The predicted molar refractivity (Wildman–Crippen MR) is 141 cm³/mol. The first-order chi connectivity index (χ1) is 19.0. The van der Waals surface area contributed by atoms with Crippen LogP contribution in [0, 0.1) is 0 Å². The highest BCUT2D eigenvalue weighted by atomic mass is 31.2. The Morgan fingerprint density at radius 3 is 1.10 bits per heavy atom. The summed E-state index contributed by atoms with van der Waals surface area (Å²) in [5, 5.41) is 0.548. The van der Waals surface area contributed by atoms with Crippen LogP contribution in [0.1, 0.15) is 49.9 Å². The van der Waals surface area contributed by atoms with Gasteiger partial charge in [-0.15, -0.1) is 5.46 Å². The predicted octanol–water partition coefficient (Wildman–Crippen LogP) is 8.20. The molecule has 14 heteroatoms. The van der Waals surface area contributed by atoms with Gasteiger partial charge in [0.15, 0.2) is 0 Å². The van der Waals surface area contributed by atoms with Gasteiger partial charge in [0.25, 0.3) is 5.87 Å². The molecular weight excluding hydrogens is 606 g/mol. The summed E-state index contributed by atoms with van der Waals surface area (Å²) in [7, 11) is -3.18. The molecule has 1 heterocycles. The molecule has 0 saturated carbocycles. The first-order valence-corrected chi connectivity index (χ1v) is 14.7. The van der Waals surface area contributed by atoms with E-state index in [0.29, 0.717) is 29.6 Å². The topological polar surface area (TPSA) is 0 Å². The van der Waals surface area contributed by atoms with Gasteiger partial charge in [-0.1, -0.05) is 49.6 Å². The minimum absolute atomic E-state index is 0.101. The minimum atomic E-state index is -5.29. The summed E-state index contributed by atoms with van der Waals surface area (Å²) in [6.45, 7) is 6.60. The molecule has 0 saturated heterocycles. The molecule has 0 radical (unpaired) electrons. The van der Waals surface area contributed by atoms with Gasteiger partial charge in [-0.2, -0.15) is 63.6 Å². The highest BCUT2D eigenvalue weighted by Crippen LogP contribution is 2.75. The van der Waals surface area contributed by atoms with Gasteiger partial charge in [0.1, 0.15) is 0 Å². The maximum atomic E-state index is 14.0. The lowest BCUT2D eigenvalue weighted by Crippen LogP contribution is -2.83. The molecule has 0 aliphatic carbocycles. The summed E-state index contributed by atoms with van der Waals surface area (Å²) >= 11 is 0. The maximum absolute atomic E-state index is 14.0. The second kappa shape index (κ2) is 9.93. The number of rotatable bonds is 4. The van der Waals surface area contributed by atoms with Crippen LogP contribution in [0.4, 0.5) is 52.7 Å². The number of benzene rings is 3. The lowest BCUT2D eigenvalue weighted by molar-refractivity contribution is -0.144. The molecule has 0 nitrogen and oxygen atoms in total. The number of hydrogen-bond donors (Lipinski definition) is 0. The molecule has 1 aliphatic rings. The van der Waals surface area contributed by atoms with Crippen LogP contribution in [0.25, 0.3) is 0 Å². The molecule has 228 valence electrons. The summed E-state index contributed by atoms with van der Waals surface area (Å²) in [4.78, 5) is 0. The fourth-order valence-electron chi connectivity index (χ4n) is 7.10. The van der Waals surface area contributed by atoms with Crippen molar-refractivity contribution < 1.29 is 52.7 Å². The Labute approximate surface area is 234 Å². The molecular formula is C28H24BF12P. The molecule has 0 atom stereocenters. The average molecular weight is 630 g/mol. The van der Waals surface area contributed by atoms with Crippen LogP contribution in [0.3, 0.4) is 0 Å². The fourth-order valence-corrected chi connectivity index (χ4v) is 14.4. The summed E-state index contributed by atoms with van der Waals surface area (Å²) in [6.07, 6.45) is -21.2. The van der Waals surface area contributed by atoms with Crippen LogP contribution >= 0.6 is 7.14 Å². The number of hydrogen-bond acceptors (Lipinski definition) is 0. The molecule has 4 rings (SSSR count). The van der Waals surface area contributed by atoms with Gasteiger partial charge in [0, 0.05) is 16.6 Å². The van der Waals surface area contributed by atoms with Crippen molar-refractivity contribution in [3.63, 3.8) is 0 Å². The van der Waals surface area contributed by atoms with Gasteiger partial charge in [0.05, 0.1) is 22.3 Å². The molecule has 0 spiro atoms. The maximum Gasteiger partial charge on any atom is 0.416 e. The van der Waals surface area contributed by atoms with Crippen molar-refractivity contribution in [2.45, 2.75) is 63.7 Å². The molecule has 0 aromatic heterocycles. The Balaban J connectivity index is 2.34. The van der Waals surface area contributed by atoms with E-state index in [4.69, 9.17) is 0 Å². The van der Waals surface area contributed by atoms with Crippen molar-refractivity contribution in [3.8, 4) is 0 Å². The Kier molecular flexibility index (Phi) is 7.62. The van der Waals surface area contributed by atoms with Crippen LogP contribution < -0.4 is 21.7 Å². The largest absolute Gasteiger partial charge is 0.416 e. The van der Waals surface area contributed by atoms with E-state index >= 15 is 0 Å². The highest BCUT2D eigenvalue weighted by Gasteiger charge is 2.69. The van der Waals surface area contributed by atoms with E-state index in [1.54, 1.807) is 39.8 Å². The van der Waals surface area contributed by atoms with Gasteiger partial charge in [-0.3, -0.25) is 0 Å². The van der Waals surface area contributed by atoms with Crippen molar-refractivity contribution in [1.82, 2.24) is 0 Å². The smallest absolute Gasteiger partial charge is 0.166 e. The number of halogens is 12. The Bertz CT molecular complexity index is 1350. The summed E-state index contributed by atoms with van der Waals surface area (Å²) in [6, 6.07) is 7.61. The number of alkyl halides is 12. The van der Waals surface area contributed by atoms with E-state index < -0.39 is 82.2 Å². The third-order valence-corrected chi connectivity index (χ3v) is 15.2. The minimum Gasteiger partial charge on any atom is -0.166 e. The highest BCUT2D eigenvalue weighted by molar-refractivity contribution is 8.22. The fraction of sp³-hybridized carbons (Fsp3) is 0.357. The van der Waals surface area contributed by atoms with Gasteiger partial charge < -0.3 is 0 Å². The molecule has 3 aromatic carbocycles. The van der Waals surface area contributed by atoms with Crippen LogP contribution in [0.2, 0.25) is 0 Å². The Morgan fingerprint density at radius 1 is 0.500 bits per heavy atom. The van der Waals surface area contributed by atoms with Crippen molar-refractivity contribution in [1.29, 1.82) is 0 Å². The van der Waals surface area contributed by atoms with E-state index in [9.17, 15) is 52.7 Å². The lowest BCUT2D eigenvalue weighted by Gasteiger charge is -2.65. The number of fused-ring (bicyclic) bond motifs is 1. The zero-order valence-electron chi connectivity index (χ0n) is 22.5. The zero-order chi connectivity index (χ0) is 31.8. The van der Waals surface area contributed by atoms with Gasteiger partial charge in [0.2, 0.25) is 0 Å². The molecule has 3 aromatic rings. The molecule has 42 heavy (non-hydrogen) atoms. The quantitative estimate of drug-likeness (QED) is 0.155. The van der Waals surface area contributed by atoms with E-state index in [1.807, 2.05) is 0 Å². The van der Waals surface area contributed by atoms with Crippen LogP contribution in [0.5, 0.6) is 0 Å².